The van der Waals surface area contributed by atoms with Crippen LogP contribution in [0.4, 0.5) is 0 Å². The molecule has 0 radical (unpaired) electrons. The molecule has 0 unspecified atom stereocenters. The number of benzene rings is 1. The van der Waals surface area contributed by atoms with Crippen molar-refractivity contribution in [2.24, 2.45) is 0 Å². The Morgan fingerprint density at radius 1 is 1.21 bits per heavy atom. The summed E-state index contributed by atoms with van der Waals surface area (Å²) in [5.74, 6) is 3.14. The van der Waals surface area contributed by atoms with E-state index < -0.39 is 0 Å². The molecule has 14 heavy (non-hydrogen) atoms. The molecule has 0 aliphatic carbocycles. The van der Waals surface area contributed by atoms with Gasteiger partial charge in [0.1, 0.15) is 0 Å². The third kappa shape index (κ3) is 1.58. The zero-order chi connectivity index (χ0) is 10.1. The average molecular weight is 206 g/mol. The minimum Gasteiger partial charge on any atom is -0.152 e. The highest BCUT2D eigenvalue weighted by Crippen LogP contribution is 2.37. The van der Waals surface area contributed by atoms with Gasteiger partial charge in [-0.15, -0.1) is 0 Å². The fourth-order valence-corrected chi connectivity index (χ4v) is 3.45. The molecule has 2 rings (SSSR count). The van der Waals surface area contributed by atoms with Gasteiger partial charge in [0.25, 0.3) is 0 Å². The molecule has 0 atom stereocenters. The molecule has 76 valence electrons. The van der Waals surface area contributed by atoms with E-state index in [0.717, 1.165) is 0 Å². The predicted octanol–water partition coefficient (Wildman–Crippen LogP) is 4.12. The van der Waals surface area contributed by atoms with Gasteiger partial charge >= 0.3 is 0 Å². The van der Waals surface area contributed by atoms with Crippen molar-refractivity contribution >= 4 is 11.8 Å². The molecular formula is C13H18S. The van der Waals surface area contributed by atoms with Crippen molar-refractivity contribution in [2.45, 2.75) is 44.6 Å². The van der Waals surface area contributed by atoms with Crippen molar-refractivity contribution < 1.29 is 0 Å². The minimum atomic E-state index is 0.674. The lowest BCUT2D eigenvalue weighted by molar-refractivity contribution is 0.850. The van der Waals surface area contributed by atoms with E-state index in [2.05, 4.69) is 44.7 Å². The number of fused-ring (bicyclic) bond motifs is 1. The smallest absolute Gasteiger partial charge is 0.0193 e. The Morgan fingerprint density at radius 3 is 2.57 bits per heavy atom. The van der Waals surface area contributed by atoms with E-state index in [4.69, 9.17) is 0 Å². The Kier molecular flexibility index (Phi) is 2.87. The van der Waals surface area contributed by atoms with Crippen LogP contribution in [0.3, 0.4) is 0 Å². The van der Waals surface area contributed by atoms with Crippen molar-refractivity contribution in [3.63, 3.8) is 0 Å². The summed E-state index contributed by atoms with van der Waals surface area (Å²) in [5, 5.41) is 0. The van der Waals surface area contributed by atoms with E-state index in [0.29, 0.717) is 5.92 Å². The second-order valence-corrected chi connectivity index (χ2v) is 5.26. The predicted molar refractivity (Wildman–Crippen MR) is 64.9 cm³/mol. The van der Waals surface area contributed by atoms with Crippen molar-refractivity contribution in [1.29, 1.82) is 0 Å². The van der Waals surface area contributed by atoms with Crippen LogP contribution in [0.5, 0.6) is 0 Å². The van der Waals surface area contributed by atoms with Crippen molar-refractivity contribution in [2.75, 3.05) is 0 Å². The first kappa shape index (κ1) is 10.1. The van der Waals surface area contributed by atoms with E-state index in [1.807, 2.05) is 0 Å². The van der Waals surface area contributed by atoms with Crippen molar-refractivity contribution in [3.05, 3.63) is 34.4 Å². The van der Waals surface area contributed by atoms with E-state index in [1.165, 1.54) is 17.9 Å². The minimum absolute atomic E-state index is 0.674. The SMILES string of the molecule is CCc1ccc(C(C)C)c2c1CSC2. The van der Waals surface area contributed by atoms with Crippen molar-refractivity contribution in [3.8, 4) is 0 Å². The van der Waals surface area contributed by atoms with Gasteiger partial charge in [-0.25, -0.2) is 0 Å². The topological polar surface area (TPSA) is 0 Å². The molecule has 0 saturated heterocycles. The van der Waals surface area contributed by atoms with Gasteiger partial charge in [-0.2, -0.15) is 11.8 Å². The van der Waals surface area contributed by atoms with Crippen LogP contribution >= 0.6 is 11.8 Å². The number of hydrogen-bond acceptors (Lipinski definition) is 1. The summed E-state index contributed by atoms with van der Waals surface area (Å²) in [5.41, 5.74) is 6.42. The number of thioether (sulfide) groups is 1. The zero-order valence-corrected chi connectivity index (χ0v) is 10.1. The Balaban J connectivity index is 2.53. The Hall–Kier alpha value is -0.430. The standard InChI is InChI=1S/C13H18S/c1-4-10-5-6-11(9(2)3)13-8-14-7-12(10)13/h5-6,9H,4,7-8H2,1-3H3. The molecule has 0 saturated carbocycles. The van der Waals surface area contributed by atoms with E-state index in [9.17, 15) is 0 Å². The molecule has 1 heterocycles. The van der Waals surface area contributed by atoms with Crippen LogP contribution in [0.2, 0.25) is 0 Å². The fourth-order valence-electron chi connectivity index (χ4n) is 2.24. The number of rotatable bonds is 2. The summed E-state index contributed by atoms with van der Waals surface area (Å²) in [6.07, 6.45) is 1.18. The lowest BCUT2D eigenvalue weighted by Crippen LogP contribution is -1.99. The van der Waals surface area contributed by atoms with Crippen LogP contribution in [0.1, 0.15) is 48.9 Å². The molecule has 0 fully saturated rings. The van der Waals surface area contributed by atoms with Gasteiger partial charge in [-0.3, -0.25) is 0 Å². The van der Waals surface area contributed by atoms with Gasteiger partial charge < -0.3 is 0 Å². The van der Waals surface area contributed by atoms with Crippen LogP contribution in [0, 0.1) is 0 Å². The second kappa shape index (κ2) is 3.98. The van der Waals surface area contributed by atoms with Gasteiger partial charge in [0.05, 0.1) is 0 Å². The molecule has 1 aliphatic heterocycles. The lowest BCUT2D eigenvalue weighted by Gasteiger charge is -2.14. The summed E-state index contributed by atoms with van der Waals surface area (Å²) in [7, 11) is 0. The van der Waals surface area contributed by atoms with Gasteiger partial charge in [0.15, 0.2) is 0 Å². The highest BCUT2D eigenvalue weighted by Gasteiger charge is 2.19. The fraction of sp³-hybridized carbons (Fsp3) is 0.538. The molecule has 0 aromatic heterocycles. The first-order valence-electron chi connectivity index (χ1n) is 5.45. The van der Waals surface area contributed by atoms with Crippen LogP contribution in [0.25, 0.3) is 0 Å². The monoisotopic (exact) mass is 206 g/mol. The first-order chi connectivity index (χ1) is 6.74. The Labute approximate surface area is 91.1 Å². The van der Waals surface area contributed by atoms with Crippen LogP contribution in [-0.4, -0.2) is 0 Å². The van der Waals surface area contributed by atoms with Crippen LogP contribution in [-0.2, 0) is 17.9 Å². The molecule has 0 amide bonds. The van der Waals surface area contributed by atoms with Crippen LogP contribution in [0.15, 0.2) is 12.1 Å². The molecule has 0 spiro atoms. The maximum absolute atomic E-state index is 2.34. The molecule has 0 bridgehead atoms. The summed E-state index contributed by atoms with van der Waals surface area (Å²) in [6, 6.07) is 4.67. The summed E-state index contributed by atoms with van der Waals surface area (Å²) in [6.45, 7) is 6.85. The van der Waals surface area contributed by atoms with Gasteiger partial charge in [0, 0.05) is 11.5 Å². The zero-order valence-electron chi connectivity index (χ0n) is 9.26. The molecule has 1 aromatic rings. The third-order valence-electron chi connectivity index (χ3n) is 3.06. The van der Waals surface area contributed by atoms with Crippen molar-refractivity contribution in [1.82, 2.24) is 0 Å². The molecule has 1 aromatic carbocycles. The number of aryl methyl sites for hydroxylation is 1. The highest BCUT2D eigenvalue weighted by atomic mass is 32.2. The van der Waals surface area contributed by atoms with E-state index in [1.54, 1.807) is 22.3 Å². The molecule has 0 N–H and O–H groups in total. The summed E-state index contributed by atoms with van der Waals surface area (Å²) in [4.78, 5) is 0. The Morgan fingerprint density at radius 2 is 1.93 bits per heavy atom. The lowest BCUT2D eigenvalue weighted by atomic mass is 9.91. The maximum Gasteiger partial charge on any atom is 0.0193 e. The summed E-state index contributed by atoms with van der Waals surface area (Å²) >= 11 is 2.06. The van der Waals surface area contributed by atoms with Gasteiger partial charge in [-0.1, -0.05) is 32.9 Å². The molecule has 1 heteroatoms. The molecular weight excluding hydrogens is 188 g/mol. The summed E-state index contributed by atoms with van der Waals surface area (Å²) < 4.78 is 0. The molecule has 0 nitrogen and oxygen atoms in total. The Bertz CT molecular complexity index is 339. The van der Waals surface area contributed by atoms with Crippen LogP contribution < -0.4 is 0 Å². The normalized spacial score (nSPS) is 14.9. The first-order valence-corrected chi connectivity index (χ1v) is 6.60. The largest absolute Gasteiger partial charge is 0.152 e. The second-order valence-electron chi connectivity index (χ2n) is 4.27. The van der Waals surface area contributed by atoms with Gasteiger partial charge in [-0.05, 0) is 34.6 Å². The average Bonchev–Trinajstić information content (AvgIpc) is 2.64. The quantitative estimate of drug-likeness (QED) is 0.701. The van der Waals surface area contributed by atoms with Gasteiger partial charge in [0.2, 0.25) is 0 Å². The highest BCUT2D eigenvalue weighted by molar-refractivity contribution is 7.98. The van der Waals surface area contributed by atoms with E-state index >= 15 is 0 Å². The maximum atomic E-state index is 2.34. The number of hydrogen-bond donors (Lipinski definition) is 0. The van der Waals surface area contributed by atoms with E-state index in [-0.39, 0.29) is 0 Å². The molecule has 1 aliphatic rings. The third-order valence-corrected chi connectivity index (χ3v) is 4.05.